The van der Waals surface area contributed by atoms with Gasteiger partial charge in [-0.05, 0) is 23.8 Å². The SMILES string of the molecule is CC(=O)N1CCC(=O)Nc2cc(-c3cccc(-c4cc(N5CCNCC5)no4)c3O)ccc21.O=C(O)C(F)(F)F. The van der Waals surface area contributed by atoms with E-state index in [1.807, 2.05) is 18.2 Å². The summed E-state index contributed by atoms with van der Waals surface area (Å²) < 4.78 is 37.3. The Hall–Kier alpha value is -4.59. The number of hydrogen-bond donors (Lipinski definition) is 4. The van der Waals surface area contributed by atoms with Crippen molar-refractivity contribution in [3.63, 3.8) is 0 Å². The van der Waals surface area contributed by atoms with Gasteiger partial charge in [-0.25, -0.2) is 4.79 Å². The smallest absolute Gasteiger partial charge is 0.490 e. The molecule has 0 unspecified atom stereocenters. The number of carboxylic acids is 1. The first-order valence-corrected chi connectivity index (χ1v) is 12.2. The van der Waals surface area contributed by atoms with Crippen LogP contribution in [-0.4, -0.2) is 72.1 Å². The van der Waals surface area contributed by atoms with Gasteiger partial charge in [0.25, 0.3) is 0 Å². The molecule has 3 heterocycles. The first kappa shape index (κ1) is 28.4. The lowest BCUT2D eigenvalue weighted by molar-refractivity contribution is -0.192. The first-order chi connectivity index (χ1) is 19.0. The van der Waals surface area contributed by atoms with E-state index < -0.39 is 12.1 Å². The fourth-order valence-electron chi connectivity index (χ4n) is 4.32. The minimum Gasteiger partial charge on any atom is -0.507 e. The molecule has 212 valence electrons. The number of aromatic hydroxyl groups is 1. The van der Waals surface area contributed by atoms with Crippen molar-refractivity contribution in [3.8, 4) is 28.2 Å². The van der Waals surface area contributed by atoms with E-state index in [0.29, 0.717) is 40.4 Å². The van der Waals surface area contributed by atoms with E-state index >= 15 is 0 Å². The number of phenolic OH excluding ortho intramolecular Hbond substituents is 1. The number of carbonyl (C=O) groups is 3. The molecule has 1 fully saturated rings. The Morgan fingerprint density at radius 1 is 1.05 bits per heavy atom. The van der Waals surface area contributed by atoms with Gasteiger partial charge in [-0.2, -0.15) is 13.2 Å². The maximum Gasteiger partial charge on any atom is 0.490 e. The third kappa shape index (κ3) is 6.34. The molecule has 2 aliphatic heterocycles. The molecule has 0 aliphatic carbocycles. The molecule has 5 rings (SSSR count). The molecular weight excluding hydrogens is 535 g/mol. The number of rotatable bonds is 3. The molecule has 1 saturated heterocycles. The molecular formula is C26H26F3N5O6. The lowest BCUT2D eigenvalue weighted by atomic mass is 9.99. The molecule has 0 spiro atoms. The van der Waals surface area contributed by atoms with Crippen LogP contribution in [0.5, 0.6) is 5.75 Å². The Kier molecular flexibility index (Phi) is 8.28. The van der Waals surface area contributed by atoms with Crippen LogP contribution in [0.3, 0.4) is 0 Å². The van der Waals surface area contributed by atoms with Gasteiger partial charge < -0.3 is 35.2 Å². The normalized spacial score (nSPS) is 15.3. The molecule has 0 bridgehead atoms. The number of aliphatic carboxylic acids is 1. The van der Waals surface area contributed by atoms with Crippen LogP contribution < -0.4 is 20.4 Å². The number of piperazine rings is 1. The number of anilines is 3. The van der Waals surface area contributed by atoms with Gasteiger partial charge in [0.15, 0.2) is 11.6 Å². The minimum atomic E-state index is -5.08. The van der Waals surface area contributed by atoms with E-state index in [9.17, 15) is 27.9 Å². The van der Waals surface area contributed by atoms with Crippen LogP contribution in [-0.2, 0) is 14.4 Å². The number of nitrogens with zero attached hydrogens (tertiary/aromatic N) is 3. The molecule has 2 aromatic carbocycles. The number of amides is 2. The summed E-state index contributed by atoms with van der Waals surface area (Å²) in [6, 6.07) is 12.7. The lowest BCUT2D eigenvalue weighted by Gasteiger charge is -2.26. The summed E-state index contributed by atoms with van der Waals surface area (Å²) in [6.07, 6.45) is -4.86. The Bertz CT molecular complexity index is 1420. The molecule has 0 saturated carbocycles. The second-order valence-corrected chi connectivity index (χ2v) is 8.99. The number of phenols is 1. The van der Waals surface area contributed by atoms with Crippen molar-refractivity contribution in [2.24, 2.45) is 0 Å². The van der Waals surface area contributed by atoms with Crippen LogP contribution in [0.4, 0.5) is 30.4 Å². The average Bonchev–Trinajstić information content (AvgIpc) is 3.33. The number of carbonyl (C=O) groups excluding carboxylic acids is 2. The highest BCUT2D eigenvalue weighted by molar-refractivity contribution is 6.04. The van der Waals surface area contributed by atoms with Gasteiger partial charge in [0.1, 0.15) is 5.75 Å². The first-order valence-electron chi connectivity index (χ1n) is 12.2. The summed E-state index contributed by atoms with van der Waals surface area (Å²) in [5, 5.41) is 28.6. The molecule has 1 aromatic heterocycles. The number of carboxylic acid groups (broad SMARTS) is 1. The highest BCUT2D eigenvalue weighted by Crippen LogP contribution is 2.41. The number of nitrogens with one attached hydrogen (secondary N) is 2. The number of hydrogen-bond acceptors (Lipinski definition) is 8. The zero-order valence-corrected chi connectivity index (χ0v) is 21.3. The van der Waals surface area contributed by atoms with Gasteiger partial charge in [-0.1, -0.05) is 23.4 Å². The predicted octanol–water partition coefficient (Wildman–Crippen LogP) is 3.45. The van der Waals surface area contributed by atoms with Gasteiger partial charge in [-0.3, -0.25) is 9.59 Å². The van der Waals surface area contributed by atoms with E-state index in [2.05, 4.69) is 20.7 Å². The zero-order valence-electron chi connectivity index (χ0n) is 21.3. The van der Waals surface area contributed by atoms with Crippen LogP contribution in [0.25, 0.3) is 22.5 Å². The van der Waals surface area contributed by atoms with E-state index in [0.717, 1.165) is 32.0 Å². The summed E-state index contributed by atoms with van der Waals surface area (Å²) in [4.78, 5) is 36.9. The molecule has 11 nitrogen and oxygen atoms in total. The third-order valence-corrected chi connectivity index (χ3v) is 6.30. The van der Waals surface area contributed by atoms with Crippen molar-refractivity contribution >= 4 is 35.0 Å². The number of benzene rings is 2. The number of fused-ring (bicyclic) bond motifs is 1. The monoisotopic (exact) mass is 561 g/mol. The largest absolute Gasteiger partial charge is 0.507 e. The lowest BCUT2D eigenvalue weighted by Crippen LogP contribution is -2.43. The second kappa shape index (κ2) is 11.7. The fourth-order valence-corrected chi connectivity index (χ4v) is 4.32. The van der Waals surface area contributed by atoms with Crippen molar-refractivity contribution in [2.75, 3.05) is 47.8 Å². The Morgan fingerprint density at radius 2 is 1.73 bits per heavy atom. The minimum absolute atomic E-state index is 0.0591. The standard InChI is InChI=1S/C24H25N5O4.C2HF3O2/c1-15(30)29-10-7-23(31)26-19-13-16(5-6-20(19)29)17-3-2-4-18(24(17)32)21-14-22(27-33-21)28-11-8-25-9-12-28;3-2(4,5)1(6)7/h2-6,13-14,25,32H,7-12H2,1H3,(H,26,31);(H,6,7). The maximum absolute atomic E-state index is 12.2. The Labute approximate surface area is 226 Å². The van der Waals surface area contributed by atoms with Crippen LogP contribution in [0.1, 0.15) is 13.3 Å². The van der Waals surface area contributed by atoms with Gasteiger partial charge in [0, 0.05) is 57.7 Å². The molecule has 40 heavy (non-hydrogen) atoms. The topological polar surface area (TPSA) is 148 Å². The second-order valence-electron chi connectivity index (χ2n) is 8.99. The quantitative estimate of drug-likeness (QED) is 0.377. The summed E-state index contributed by atoms with van der Waals surface area (Å²) in [6.45, 7) is 5.27. The predicted molar refractivity (Wildman–Crippen MR) is 139 cm³/mol. The third-order valence-electron chi connectivity index (χ3n) is 6.30. The maximum atomic E-state index is 12.2. The molecule has 2 amide bonds. The van der Waals surface area contributed by atoms with Gasteiger partial charge in [0.05, 0.1) is 16.9 Å². The average molecular weight is 562 g/mol. The van der Waals surface area contributed by atoms with Crippen molar-refractivity contribution in [2.45, 2.75) is 19.5 Å². The summed E-state index contributed by atoms with van der Waals surface area (Å²) in [5.74, 6) is -1.76. The summed E-state index contributed by atoms with van der Waals surface area (Å²) in [7, 11) is 0. The van der Waals surface area contributed by atoms with Gasteiger partial charge in [0.2, 0.25) is 11.8 Å². The number of halogens is 3. The number of alkyl halides is 3. The van der Waals surface area contributed by atoms with E-state index in [1.165, 1.54) is 6.92 Å². The molecule has 3 aromatic rings. The molecule has 0 radical (unpaired) electrons. The van der Waals surface area contributed by atoms with Crippen LogP contribution >= 0.6 is 0 Å². The Morgan fingerprint density at radius 3 is 2.38 bits per heavy atom. The summed E-state index contributed by atoms with van der Waals surface area (Å²) in [5.41, 5.74) is 3.01. The van der Waals surface area contributed by atoms with Gasteiger partial charge in [-0.15, -0.1) is 0 Å². The van der Waals surface area contributed by atoms with Crippen molar-refractivity contribution in [3.05, 3.63) is 42.5 Å². The molecule has 14 heteroatoms. The van der Waals surface area contributed by atoms with E-state index in [-0.39, 0.29) is 24.0 Å². The van der Waals surface area contributed by atoms with Crippen molar-refractivity contribution in [1.82, 2.24) is 10.5 Å². The summed E-state index contributed by atoms with van der Waals surface area (Å²) >= 11 is 0. The highest BCUT2D eigenvalue weighted by Gasteiger charge is 2.38. The Balaban J connectivity index is 0.000000470. The van der Waals surface area contributed by atoms with Crippen molar-refractivity contribution < 1.29 is 42.3 Å². The van der Waals surface area contributed by atoms with Crippen LogP contribution in [0.2, 0.25) is 0 Å². The molecule has 0 atom stereocenters. The fraction of sp³-hybridized carbons (Fsp3) is 0.308. The van der Waals surface area contributed by atoms with Gasteiger partial charge >= 0.3 is 12.1 Å². The van der Waals surface area contributed by atoms with E-state index in [1.54, 1.807) is 29.2 Å². The van der Waals surface area contributed by atoms with Crippen LogP contribution in [0, 0.1) is 0 Å². The zero-order chi connectivity index (χ0) is 29.0. The van der Waals surface area contributed by atoms with Crippen LogP contribution in [0.15, 0.2) is 47.0 Å². The number of para-hydroxylation sites is 1. The molecule has 4 N–H and O–H groups in total. The van der Waals surface area contributed by atoms with Crippen molar-refractivity contribution in [1.29, 1.82) is 0 Å². The number of aromatic nitrogens is 1. The highest BCUT2D eigenvalue weighted by atomic mass is 19.4. The molecule has 2 aliphatic rings. The van der Waals surface area contributed by atoms with E-state index in [4.69, 9.17) is 14.4 Å².